The molecule has 0 aliphatic heterocycles. The molecule has 0 aliphatic rings. The largest absolute Gasteiger partial charge is 0.366 e. The van der Waals surface area contributed by atoms with Crippen LogP contribution in [0.1, 0.15) is 35.2 Å². The fourth-order valence-electron chi connectivity index (χ4n) is 1.62. The van der Waals surface area contributed by atoms with Crippen molar-refractivity contribution in [1.29, 1.82) is 0 Å². The summed E-state index contributed by atoms with van der Waals surface area (Å²) in [7, 11) is 0. The second-order valence-corrected chi connectivity index (χ2v) is 3.62. The Hall–Kier alpha value is -1.35. The van der Waals surface area contributed by atoms with Gasteiger partial charge in [0.25, 0.3) is 0 Å². The monoisotopic (exact) mass is 206 g/mol. The summed E-state index contributed by atoms with van der Waals surface area (Å²) in [6.45, 7) is 0.734. The van der Waals surface area contributed by atoms with Crippen molar-refractivity contribution in [1.82, 2.24) is 0 Å². The number of nitrogens with two attached hydrogens (primary N) is 2. The first-order chi connectivity index (χ1) is 7.25. The van der Waals surface area contributed by atoms with Gasteiger partial charge < -0.3 is 11.5 Å². The van der Waals surface area contributed by atoms with E-state index in [1.807, 2.05) is 18.2 Å². The molecule has 0 unspecified atom stereocenters. The molecule has 1 amide bonds. The van der Waals surface area contributed by atoms with Gasteiger partial charge in [0.05, 0.1) is 0 Å². The lowest BCUT2D eigenvalue weighted by molar-refractivity contribution is 0.0999. The summed E-state index contributed by atoms with van der Waals surface area (Å²) in [6.07, 6.45) is 4.10. The van der Waals surface area contributed by atoms with Crippen LogP contribution < -0.4 is 11.5 Å². The first-order valence-electron chi connectivity index (χ1n) is 5.33. The zero-order valence-electron chi connectivity index (χ0n) is 8.91. The van der Waals surface area contributed by atoms with Crippen LogP contribution in [0.15, 0.2) is 24.3 Å². The smallest absolute Gasteiger partial charge is 0.248 e. The van der Waals surface area contributed by atoms with Gasteiger partial charge >= 0.3 is 0 Å². The minimum atomic E-state index is -0.343. The molecule has 0 atom stereocenters. The van der Waals surface area contributed by atoms with Gasteiger partial charge in [-0.2, -0.15) is 0 Å². The number of primary amides is 1. The van der Waals surface area contributed by atoms with Gasteiger partial charge in [-0.15, -0.1) is 0 Å². The number of hydrogen-bond donors (Lipinski definition) is 2. The molecule has 0 aliphatic carbocycles. The van der Waals surface area contributed by atoms with Gasteiger partial charge in [0.15, 0.2) is 0 Å². The van der Waals surface area contributed by atoms with Crippen molar-refractivity contribution < 1.29 is 4.79 Å². The van der Waals surface area contributed by atoms with Crippen LogP contribution in [-0.2, 0) is 6.42 Å². The van der Waals surface area contributed by atoms with Crippen LogP contribution in [0.5, 0.6) is 0 Å². The molecule has 4 N–H and O–H groups in total. The molecule has 3 heteroatoms. The van der Waals surface area contributed by atoms with E-state index in [2.05, 4.69) is 0 Å². The number of carbonyl (C=O) groups is 1. The van der Waals surface area contributed by atoms with Crippen molar-refractivity contribution in [3.63, 3.8) is 0 Å². The number of rotatable bonds is 6. The lowest BCUT2D eigenvalue weighted by Gasteiger charge is -2.05. The first kappa shape index (κ1) is 11.7. The van der Waals surface area contributed by atoms with Gasteiger partial charge in [0, 0.05) is 5.56 Å². The predicted octanol–water partition coefficient (Wildman–Crippen LogP) is 1.46. The Kier molecular flexibility index (Phi) is 4.84. The van der Waals surface area contributed by atoms with E-state index in [4.69, 9.17) is 11.5 Å². The fraction of sp³-hybridized carbons (Fsp3) is 0.417. The lowest BCUT2D eigenvalue weighted by atomic mass is 10.0. The Morgan fingerprint density at radius 2 is 1.87 bits per heavy atom. The Labute approximate surface area is 90.5 Å². The third-order valence-electron chi connectivity index (χ3n) is 2.43. The van der Waals surface area contributed by atoms with Crippen LogP contribution >= 0.6 is 0 Å². The summed E-state index contributed by atoms with van der Waals surface area (Å²) in [6, 6.07) is 7.51. The predicted molar refractivity (Wildman–Crippen MR) is 61.6 cm³/mol. The van der Waals surface area contributed by atoms with Crippen molar-refractivity contribution in [2.45, 2.75) is 25.7 Å². The molecule has 0 spiro atoms. The van der Waals surface area contributed by atoms with Crippen LogP contribution in [0.2, 0.25) is 0 Å². The van der Waals surface area contributed by atoms with Gasteiger partial charge in [-0.25, -0.2) is 0 Å². The Morgan fingerprint density at radius 3 is 2.53 bits per heavy atom. The summed E-state index contributed by atoms with van der Waals surface area (Å²) < 4.78 is 0. The van der Waals surface area contributed by atoms with Gasteiger partial charge in [0.1, 0.15) is 0 Å². The van der Waals surface area contributed by atoms with E-state index in [9.17, 15) is 4.79 Å². The third-order valence-corrected chi connectivity index (χ3v) is 2.43. The van der Waals surface area contributed by atoms with E-state index in [1.54, 1.807) is 6.07 Å². The molecule has 0 saturated carbocycles. The SMILES string of the molecule is NCCCCCc1ccccc1C(N)=O. The molecule has 0 heterocycles. The second-order valence-electron chi connectivity index (χ2n) is 3.62. The Bertz CT molecular complexity index is 323. The van der Waals surface area contributed by atoms with E-state index in [0.29, 0.717) is 5.56 Å². The van der Waals surface area contributed by atoms with Gasteiger partial charge in [-0.1, -0.05) is 24.6 Å². The zero-order valence-corrected chi connectivity index (χ0v) is 8.91. The molecular weight excluding hydrogens is 188 g/mol. The van der Waals surface area contributed by atoms with Crippen molar-refractivity contribution in [3.8, 4) is 0 Å². The van der Waals surface area contributed by atoms with E-state index in [0.717, 1.165) is 37.8 Å². The summed E-state index contributed by atoms with van der Waals surface area (Å²) in [4.78, 5) is 11.1. The zero-order chi connectivity index (χ0) is 11.1. The number of hydrogen-bond acceptors (Lipinski definition) is 2. The highest BCUT2D eigenvalue weighted by Gasteiger charge is 2.05. The van der Waals surface area contributed by atoms with Gasteiger partial charge in [0.2, 0.25) is 5.91 Å². The minimum absolute atomic E-state index is 0.343. The average molecular weight is 206 g/mol. The highest BCUT2D eigenvalue weighted by Crippen LogP contribution is 2.11. The van der Waals surface area contributed by atoms with Gasteiger partial charge in [-0.05, 0) is 37.4 Å². The molecule has 1 aromatic carbocycles. The van der Waals surface area contributed by atoms with Crippen LogP contribution in [0, 0.1) is 0 Å². The molecule has 0 aromatic heterocycles. The van der Waals surface area contributed by atoms with E-state index < -0.39 is 0 Å². The highest BCUT2D eigenvalue weighted by molar-refractivity contribution is 5.94. The van der Waals surface area contributed by atoms with Crippen molar-refractivity contribution in [2.24, 2.45) is 11.5 Å². The molecule has 3 nitrogen and oxygen atoms in total. The summed E-state index contributed by atoms with van der Waals surface area (Å²) in [5.74, 6) is -0.343. The van der Waals surface area contributed by atoms with Crippen molar-refractivity contribution >= 4 is 5.91 Å². The minimum Gasteiger partial charge on any atom is -0.366 e. The summed E-state index contributed by atoms with van der Waals surface area (Å²) in [5.41, 5.74) is 12.4. The standard InChI is InChI=1S/C12H18N2O/c13-9-5-1-2-6-10-7-3-4-8-11(10)12(14)15/h3-4,7-8H,1-2,5-6,9,13H2,(H2,14,15). The molecule has 1 rings (SSSR count). The van der Waals surface area contributed by atoms with E-state index >= 15 is 0 Å². The number of unbranched alkanes of at least 4 members (excludes halogenated alkanes) is 2. The lowest BCUT2D eigenvalue weighted by Crippen LogP contribution is -2.13. The summed E-state index contributed by atoms with van der Waals surface area (Å²) in [5, 5.41) is 0. The first-order valence-corrected chi connectivity index (χ1v) is 5.33. The maximum absolute atomic E-state index is 11.1. The number of carbonyl (C=O) groups excluding carboxylic acids is 1. The molecular formula is C12H18N2O. The molecule has 1 aromatic rings. The van der Waals surface area contributed by atoms with E-state index in [1.165, 1.54) is 0 Å². The third kappa shape index (κ3) is 3.72. The average Bonchev–Trinajstić information content (AvgIpc) is 2.25. The van der Waals surface area contributed by atoms with Crippen molar-refractivity contribution in [3.05, 3.63) is 35.4 Å². The topological polar surface area (TPSA) is 69.1 Å². The van der Waals surface area contributed by atoms with Crippen molar-refractivity contribution in [2.75, 3.05) is 6.54 Å². The number of amides is 1. The molecule has 82 valence electrons. The molecule has 0 fully saturated rings. The maximum atomic E-state index is 11.1. The Morgan fingerprint density at radius 1 is 1.13 bits per heavy atom. The fourth-order valence-corrected chi connectivity index (χ4v) is 1.62. The quantitative estimate of drug-likeness (QED) is 0.692. The van der Waals surface area contributed by atoms with Gasteiger partial charge in [-0.3, -0.25) is 4.79 Å². The van der Waals surface area contributed by atoms with E-state index in [-0.39, 0.29) is 5.91 Å². The highest BCUT2D eigenvalue weighted by atomic mass is 16.1. The maximum Gasteiger partial charge on any atom is 0.248 e. The Balaban J connectivity index is 2.56. The summed E-state index contributed by atoms with van der Waals surface area (Å²) >= 11 is 0. The molecule has 15 heavy (non-hydrogen) atoms. The number of benzene rings is 1. The normalized spacial score (nSPS) is 10.2. The molecule has 0 bridgehead atoms. The van der Waals surface area contributed by atoms with Crippen LogP contribution in [-0.4, -0.2) is 12.5 Å². The molecule has 0 saturated heterocycles. The second kappa shape index (κ2) is 6.19. The van der Waals surface area contributed by atoms with Crippen LogP contribution in [0.3, 0.4) is 0 Å². The number of aryl methyl sites for hydroxylation is 1. The molecule has 0 radical (unpaired) electrons. The van der Waals surface area contributed by atoms with Crippen LogP contribution in [0.25, 0.3) is 0 Å². The van der Waals surface area contributed by atoms with Crippen LogP contribution in [0.4, 0.5) is 0 Å².